The first-order chi connectivity index (χ1) is 12.5. The smallest absolute Gasteiger partial charge is 0.309 e. The number of hydrogen-bond donors (Lipinski definition) is 2. The van der Waals surface area contributed by atoms with Gasteiger partial charge in [-0.15, -0.1) is 0 Å². The quantitative estimate of drug-likeness (QED) is 0.210. The zero-order chi connectivity index (χ0) is 19.9. The van der Waals surface area contributed by atoms with Gasteiger partial charge in [0.1, 0.15) is 0 Å². The van der Waals surface area contributed by atoms with Crippen molar-refractivity contribution >= 4 is 12.0 Å². The number of carbonyl (C=O) groups is 2. The van der Waals surface area contributed by atoms with Crippen molar-refractivity contribution in [2.24, 2.45) is 11.5 Å². The van der Waals surface area contributed by atoms with Crippen LogP contribution >= 0.6 is 0 Å². The fraction of sp³-hybridized carbons (Fsp3) is 0.810. The number of esters is 1. The van der Waals surface area contributed by atoms with Crippen molar-refractivity contribution in [3.8, 4) is 0 Å². The van der Waals surface area contributed by atoms with E-state index in [9.17, 15) is 4.79 Å². The molecular formula is C21H42N2O3. The minimum atomic E-state index is -0.833. The summed E-state index contributed by atoms with van der Waals surface area (Å²) in [5, 5.41) is 0. The highest BCUT2D eigenvalue weighted by Crippen LogP contribution is 2.10. The molecule has 0 radical (unpaired) electrons. The van der Waals surface area contributed by atoms with Crippen LogP contribution in [0, 0.1) is 0 Å². The first kappa shape index (κ1) is 26.7. The van der Waals surface area contributed by atoms with E-state index >= 15 is 0 Å². The molecule has 0 bridgehead atoms. The third-order valence-electron chi connectivity index (χ3n) is 3.95. The van der Waals surface area contributed by atoms with Gasteiger partial charge in [0.15, 0.2) is 0 Å². The van der Waals surface area contributed by atoms with Crippen molar-refractivity contribution in [1.82, 2.24) is 0 Å². The second-order valence-corrected chi connectivity index (χ2v) is 6.54. The van der Waals surface area contributed by atoms with Crippen LogP contribution < -0.4 is 11.5 Å². The highest BCUT2D eigenvalue weighted by Gasteiger charge is 2.00. The van der Waals surface area contributed by atoms with E-state index in [1.807, 2.05) is 6.92 Å². The van der Waals surface area contributed by atoms with Crippen LogP contribution in [0.3, 0.4) is 0 Å². The molecule has 0 saturated carbocycles. The number of carbonyl (C=O) groups excluding carboxylic acids is 2. The lowest BCUT2D eigenvalue weighted by Crippen LogP contribution is -2.18. The van der Waals surface area contributed by atoms with E-state index in [-0.39, 0.29) is 5.97 Å². The van der Waals surface area contributed by atoms with Crippen molar-refractivity contribution in [2.75, 3.05) is 6.61 Å². The molecule has 0 atom stereocenters. The Labute approximate surface area is 160 Å². The molecule has 0 heterocycles. The Kier molecular flexibility index (Phi) is 24.1. The SMILES string of the molecule is CCCCCCCC/C=C\CCCCCCCC(=O)OCC.NC(N)=O. The van der Waals surface area contributed by atoms with Gasteiger partial charge in [-0.1, -0.05) is 70.4 Å². The van der Waals surface area contributed by atoms with Gasteiger partial charge in [-0.05, 0) is 39.0 Å². The first-order valence-corrected chi connectivity index (χ1v) is 10.4. The summed E-state index contributed by atoms with van der Waals surface area (Å²) < 4.78 is 4.91. The van der Waals surface area contributed by atoms with E-state index < -0.39 is 6.03 Å². The predicted octanol–water partition coefficient (Wildman–Crippen LogP) is 5.61. The van der Waals surface area contributed by atoms with E-state index in [1.165, 1.54) is 70.6 Å². The molecule has 0 saturated heterocycles. The molecule has 0 aromatic rings. The fourth-order valence-corrected chi connectivity index (χ4v) is 2.57. The summed E-state index contributed by atoms with van der Waals surface area (Å²) >= 11 is 0. The van der Waals surface area contributed by atoms with E-state index in [4.69, 9.17) is 9.53 Å². The lowest BCUT2D eigenvalue weighted by molar-refractivity contribution is -0.143. The van der Waals surface area contributed by atoms with Crippen LogP contribution in [-0.4, -0.2) is 18.6 Å². The average molecular weight is 371 g/mol. The normalized spacial score (nSPS) is 10.4. The van der Waals surface area contributed by atoms with Crippen molar-refractivity contribution in [3.63, 3.8) is 0 Å². The molecule has 26 heavy (non-hydrogen) atoms. The summed E-state index contributed by atoms with van der Waals surface area (Å²) in [4.78, 5) is 20.1. The monoisotopic (exact) mass is 370 g/mol. The molecule has 0 aliphatic rings. The van der Waals surface area contributed by atoms with Gasteiger partial charge in [0.25, 0.3) is 0 Å². The number of primary amides is 2. The molecule has 0 aromatic heterocycles. The second-order valence-electron chi connectivity index (χ2n) is 6.54. The van der Waals surface area contributed by atoms with Crippen LogP contribution in [0.1, 0.15) is 104 Å². The van der Waals surface area contributed by atoms with E-state index in [1.54, 1.807) is 0 Å². The van der Waals surface area contributed by atoms with Crippen LogP contribution in [0.15, 0.2) is 12.2 Å². The fourth-order valence-electron chi connectivity index (χ4n) is 2.57. The Hall–Kier alpha value is -1.52. The molecule has 154 valence electrons. The largest absolute Gasteiger partial charge is 0.466 e. The van der Waals surface area contributed by atoms with Crippen molar-refractivity contribution < 1.29 is 14.3 Å². The van der Waals surface area contributed by atoms with Crippen molar-refractivity contribution in [2.45, 2.75) is 104 Å². The summed E-state index contributed by atoms with van der Waals surface area (Å²) in [5.74, 6) is -0.0415. The minimum absolute atomic E-state index is 0.0415. The second kappa shape index (κ2) is 23.5. The summed E-state index contributed by atoms with van der Waals surface area (Å²) in [6, 6.07) is -0.833. The number of urea groups is 1. The number of hydrogen-bond acceptors (Lipinski definition) is 3. The summed E-state index contributed by atoms with van der Waals surface area (Å²) in [6.45, 7) is 4.63. The number of ether oxygens (including phenoxy) is 1. The molecule has 4 N–H and O–H groups in total. The molecule has 0 unspecified atom stereocenters. The van der Waals surface area contributed by atoms with Gasteiger partial charge in [0.2, 0.25) is 0 Å². The Morgan fingerprint density at radius 1 is 0.731 bits per heavy atom. The van der Waals surface area contributed by atoms with Crippen molar-refractivity contribution in [3.05, 3.63) is 12.2 Å². The zero-order valence-electron chi connectivity index (χ0n) is 17.1. The third-order valence-corrected chi connectivity index (χ3v) is 3.95. The maximum Gasteiger partial charge on any atom is 0.309 e. The summed E-state index contributed by atoms with van der Waals surface area (Å²) in [7, 11) is 0. The molecule has 0 rings (SSSR count). The molecule has 5 heteroatoms. The number of amides is 2. The Morgan fingerprint density at radius 3 is 1.62 bits per heavy atom. The first-order valence-electron chi connectivity index (χ1n) is 10.4. The number of unbranched alkanes of at least 4 members (excludes halogenated alkanes) is 11. The Balaban J connectivity index is 0. The zero-order valence-corrected chi connectivity index (χ0v) is 17.1. The van der Waals surface area contributed by atoms with Gasteiger partial charge in [-0.25, -0.2) is 4.79 Å². The molecule has 2 amide bonds. The predicted molar refractivity (Wildman–Crippen MR) is 110 cm³/mol. The van der Waals surface area contributed by atoms with E-state index in [0.29, 0.717) is 13.0 Å². The number of allylic oxidation sites excluding steroid dienone is 2. The molecule has 0 aliphatic carbocycles. The van der Waals surface area contributed by atoms with Gasteiger partial charge in [-0.2, -0.15) is 0 Å². The molecular weight excluding hydrogens is 328 g/mol. The van der Waals surface area contributed by atoms with E-state index in [0.717, 1.165) is 12.8 Å². The summed E-state index contributed by atoms with van der Waals surface area (Å²) in [6.07, 6.45) is 22.0. The Morgan fingerprint density at radius 2 is 1.15 bits per heavy atom. The van der Waals surface area contributed by atoms with Gasteiger partial charge in [0, 0.05) is 6.42 Å². The van der Waals surface area contributed by atoms with Crippen LogP contribution in [0.5, 0.6) is 0 Å². The molecule has 0 aliphatic heterocycles. The maximum atomic E-state index is 11.1. The van der Waals surface area contributed by atoms with Gasteiger partial charge < -0.3 is 16.2 Å². The topological polar surface area (TPSA) is 95.4 Å². The van der Waals surface area contributed by atoms with Gasteiger partial charge >= 0.3 is 12.0 Å². The van der Waals surface area contributed by atoms with Gasteiger partial charge in [-0.3, -0.25) is 4.79 Å². The highest BCUT2D eigenvalue weighted by molar-refractivity contribution is 5.69. The third kappa shape index (κ3) is 30.4. The lowest BCUT2D eigenvalue weighted by atomic mass is 10.1. The van der Waals surface area contributed by atoms with Gasteiger partial charge in [0.05, 0.1) is 6.61 Å². The molecule has 0 spiro atoms. The van der Waals surface area contributed by atoms with Crippen LogP contribution in [0.4, 0.5) is 4.79 Å². The lowest BCUT2D eigenvalue weighted by Gasteiger charge is -2.01. The number of rotatable bonds is 16. The minimum Gasteiger partial charge on any atom is -0.466 e. The van der Waals surface area contributed by atoms with Crippen molar-refractivity contribution in [1.29, 1.82) is 0 Å². The van der Waals surface area contributed by atoms with Crippen LogP contribution in [0.25, 0.3) is 0 Å². The standard InChI is InChI=1S/C20H38O2.CH4N2O/c1-3-5-6-7-8-9-10-11-12-13-14-15-16-17-18-19-20(21)22-4-2;2-1(3)4/h11-12H,3-10,13-19H2,1-2H3;(H4,2,3,4)/b12-11-;. The molecule has 0 fully saturated rings. The number of nitrogens with two attached hydrogens (primary N) is 2. The Bertz CT molecular complexity index is 340. The van der Waals surface area contributed by atoms with E-state index in [2.05, 4.69) is 30.5 Å². The van der Waals surface area contributed by atoms with Crippen LogP contribution in [0.2, 0.25) is 0 Å². The highest BCUT2D eigenvalue weighted by atomic mass is 16.5. The maximum absolute atomic E-state index is 11.1. The molecule has 0 aromatic carbocycles. The average Bonchev–Trinajstić information content (AvgIpc) is 2.58. The summed E-state index contributed by atoms with van der Waals surface area (Å²) in [5.41, 5.74) is 8.50. The van der Waals surface area contributed by atoms with Crippen LogP contribution in [-0.2, 0) is 9.53 Å². The molecule has 5 nitrogen and oxygen atoms in total.